The van der Waals surface area contributed by atoms with Crippen LogP contribution in [0.4, 0.5) is 0 Å². The van der Waals surface area contributed by atoms with E-state index >= 15 is 0 Å². The third-order valence-electron chi connectivity index (χ3n) is 4.94. The fraction of sp³-hybridized carbons (Fsp3) is 0.182. The molecule has 1 aliphatic carbocycles. The number of aromatic hydroxyl groups is 1. The highest BCUT2D eigenvalue weighted by Gasteiger charge is 2.25. The largest absolute Gasteiger partial charge is 0.507 e. The molecule has 0 spiro atoms. The normalized spacial score (nSPS) is 13.1. The van der Waals surface area contributed by atoms with Crippen LogP contribution in [0.3, 0.4) is 0 Å². The second kappa shape index (κ2) is 5.58. The molecule has 0 unspecified atom stereocenters. The minimum absolute atomic E-state index is 0.480. The van der Waals surface area contributed by atoms with Crippen LogP contribution in [0.25, 0.3) is 22.3 Å². The van der Waals surface area contributed by atoms with E-state index in [0.29, 0.717) is 5.75 Å². The van der Waals surface area contributed by atoms with E-state index in [1.165, 1.54) is 22.3 Å². The van der Waals surface area contributed by atoms with Gasteiger partial charge in [-0.15, -0.1) is 0 Å². The molecule has 0 bridgehead atoms. The average molecular weight is 300 g/mol. The van der Waals surface area contributed by atoms with E-state index in [0.717, 1.165) is 36.0 Å². The van der Waals surface area contributed by atoms with Crippen molar-refractivity contribution in [3.63, 3.8) is 0 Å². The van der Waals surface area contributed by atoms with E-state index in [1.54, 1.807) is 0 Å². The zero-order chi connectivity index (χ0) is 15.8. The van der Waals surface area contributed by atoms with E-state index in [2.05, 4.69) is 43.3 Å². The van der Waals surface area contributed by atoms with Crippen molar-refractivity contribution in [1.82, 2.24) is 0 Å². The quantitative estimate of drug-likeness (QED) is 0.660. The van der Waals surface area contributed by atoms with Crippen LogP contribution in [0.15, 0.2) is 60.7 Å². The van der Waals surface area contributed by atoms with Crippen LogP contribution >= 0.6 is 0 Å². The van der Waals surface area contributed by atoms with Crippen molar-refractivity contribution in [3.05, 3.63) is 77.4 Å². The Kier molecular flexibility index (Phi) is 3.42. The minimum Gasteiger partial charge on any atom is -0.507 e. The van der Waals surface area contributed by atoms with E-state index in [4.69, 9.17) is 0 Å². The Morgan fingerprint density at radius 2 is 1.22 bits per heavy atom. The molecule has 0 aromatic heterocycles. The second-order valence-electron chi connectivity index (χ2n) is 6.27. The number of phenolic OH excluding ortho intramolecular Hbond substituents is 1. The third kappa shape index (κ3) is 2.24. The predicted octanol–water partition coefficient (Wildman–Crippen LogP) is 5.52. The Morgan fingerprint density at radius 1 is 0.696 bits per heavy atom. The molecule has 0 radical (unpaired) electrons. The smallest absolute Gasteiger partial charge is 0.127 e. The topological polar surface area (TPSA) is 20.2 Å². The lowest BCUT2D eigenvalue weighted by molar-refractivity contribution is 0.471. The second-order valence-corrected chi connectivity index (χ2v) is 6.27. The lowest BCUT2D eigenvalue weighted by atomic mass is 9.85. The van der Waals surface area contributed by atoms with Crippen molar-refractivity contribution in [2.75, 3.05) is 0 Å². The van der Waals surface area contributed by atoms with E-state index < -0.39 is 0 Å². The van der Waals surface area contributed by atoms with Crippen molar-refractivity contribution in [2.24, 2.45) is 0 Å². The molecule has 1 nitrogen and oxygen atoms in total. The Balaban J connectivity index is 2.10. The van der Waals surface area contributed by atoms with Gasteiger partial charge in [0.05, 0.1) is 0 Å². The summed E-state index contributed by atoms with van der Waals surface area (Å²) in [5.41, 5.74) is 8.24. The molecule has 114 valence electrons. The lowest BCUT2D eigenvalue weighted by Crippen LogP contribution is -1.97. The summed E-state index contributed by atoms with van der Waals surface area (Å²) in [6.45, 7) is 2.21. The Morgan fingerprint density at radius 3 is 1.83 bits per heavy atom. The van der Waals surface area contributed by atoms with Gasteiger partial charge < -0.3 is 5.11 Å². The molecule has 3 aromatic carbocycles. The molecule has 0 fully saturated rings. The molecule has 1 aliphatic rings. The molecule has 0 atom stereocenters. The van der Waals surface area contributed by atoms with Crippen LogP contribution in [0.2, 0.25) is 0 Å². The zero-order valence-corrected chi connectivity index (χ0v) is 13.3. The van der Waals surface area contributed by atoms with E-state index in [9.17, 15) is 5.11 Å². The van der Waals surface area contributed by atoms with Crippen molar-refractivity contribution >= 4 is 0 Å². The van der Waals surface area contributed by atoms with Crippen molar-refractivity contribution in [3.8, 4) is 28.0 Å². The third-order valence-corrected chi connectivity index (χ3v) is 4.94. The molecule has 0 saturated carbocycles. The summed E-state index contributed by atoms with van der Waals surface area (Å²) in [5, 5.41) is 11.0. The van der Waals surface area contributed by atoms with Crippen LogP contribution < -0.4 is 0 Å². The van der Waals surface area contributed by atoms with Crippen LogP contribution in [0.1, 0.15) is 23.1 Å². The maximum Gasteiger partial charge on any atom is 0.127 e. The molecule has 1 heteroatoms. The van der Waals surface area contributed by atoms with Gasteiger partial charge in [0.15, 0.2) is 0 Å². The maximum absolute atomic E-state index is 11.0. The van der Waals surface area contributed by atoms with Gasteiger partial charge in [-0.2, -0.15) is 0 Å². The molecule has 0 saturated heterocycles. The number of hydrogen-bond donors (Lipinski definition) is 1. The fourth-order valence-electron chi connectivity index (χ4n) is 3.88. The first kappa shape index (κ1) is 14.1. The summed E-state index contributed by atoms with van der Waals surface area (Å²) < 4.78 is 0. The van der Waals surface area contributed by atoms with Crippen LogP contribution in [0, 0.1) is 6.92 Å². The number of benzene rings is 3. The molecular weight excluding hydrogens is 280 g/mol. The van der Waals surface area contributed by atoms with Crippen LogP contribution in [0.5, 0.6) is 5.75 Å². The Bertz CT molecular complexity index is 776. The fourth-order valence-corrected chi connectivity index (χ4v) is 3.88. The molecule has 0 heterocycles. The van der Waals surface area contributed by atoms with Gasteiger partial charge in [-0.25, -0.2) is 0 Å². The summed E-state index contributed by atoms with van der Waals surface area (Å²) in [5.74, 6) is 0.480. The number of hydrogen-bond acceptors (Lipinski definition) is 1. The summed E-state index contributed by atoms with van der Waals surface area (Å²) in [6.07, 6.45) is 3.19. The molecule has 0 amide bonds. The standard InChI is InChI=1S/C22H20O/c1-15-18-13-8-14-19(18)22(23)21(17-11-6-3-7-12-17)20(15)16-9-4-2-5-10-16/h2-7,9-12,23H,8,13-14H2,1H3. The highest BCUT2D eigenvalue weighted by atomic mass is 16.3. The monoisotopic (exact) mass is 300 g/mol. The lowest BCUT2D eigenvalue weighted by Gasteiger charge is -2.20. The molecular formula is C22H20O. The van der Waals surface area contributed by atoms with Gasteiger partial charge in [-0.05, 0) is 59.6 Å². The van der Waals surface area contributed by atoms with E-state index in [-0.39, 0.29) is 0 Å². The van der Waals surface area contributed by atoms with E-state index in [1.807, 2.05) is 24.3 Å². The van der Waals surface area contributed by atoms with Crippen molar-refractivity contribution in [1.29, 1.82) is 0 Å². The van der Waals surface area contributed by atoms with Gasteiger partial charge in [0.1, 0.15) is 5.75 Å². The minimum atomic E-state index is 0.480. The van der Waals surface area contributed by atoms with Gasteiger partial charge >= 0.3 is 0 Å². The molecule has 3 aromatic rings. The van der Waals surface area contributed by atoms with Crippen molar-refractivity contribution in [2.45, 2.75) is 26.2 Å². The molecule has 0 aliphatic heterocycles. The Labute approximate surface area is 137 Å². The highest BCUT2D eigenvalue weighted by Crippen LogP contribution is 2.47. The summed E-state index contributed by atoms with van der Waals surface area (Å²) in [6, 6.07) is 20.7. The first-order valence-corrected chi connectivity index (χ1v) is 8.25. The number of phenols is 1. The van der Waals surface area contributed by atoms with Crippen LogP contribution in [-0.4, -0.2) is 5.11 Å². The highest BCUT2D eigenvalue weighted by molar-refractivity contribution is 5.91. The van der Waals surface area contributed by atoms with Gasteiger partial charge in [-0.3, -0.25) is 0 Å². The van der Waals surface area contributed by atoms with Gasteiger partial charge in [0.2, 0.25) is 0 Å². The number of rotatable bonds is 2. The average Bonchev–Trinajstić information content (AvgIpc) is 3.10. The molecule has 23 heavy (non-hydrogen) atoms. The summed E-state index contributed by atoms with van der Waals surface area (Å²) in [7, 11) is 0. The first-order valence-electron chi connectivity index (χ1n) is 8.25. The Hall–Kier alpha value is -2.54. The van der Waals surface area contributed by atoms with Crippen LogP contribution in [-0.2, 0) is 12.8 Å². The van der Waals surface area contributed by atoms with Gasteiger partial charge in [-0.1, -0.05) is 60.7 Å². The predicted molar refractivity (Wildman–Crippen MR) is 95.7 cm³/mol. The maximum atomic E-state index is 11.0. The van der Waals surface area contributed by atoms with Gasteiger partial charge in [0, 0.05) is 5.56 Å². The number of fused-ring (bicyclic) bond motifs is 1. The summed E-state index contributed by atoms with van der Waals surface area (Å²) >= 11 is 0. The zero-order valence-electron chi connectivity index (χ0n) is 13.3. The van der Waals surface area contributed by atoms with Gasteiger partial charge in [0.25, 0.3) is 0 Å². The first-order chi connectivity index (χ1) is 11.3. The molecule has 4 rings (SSSR count). The molecule has 1 N–H and O–H groups in total. The SMILES string of the molecule is Cc1c2c(c(O)c(-c3ccccc3)c1-c1ccccc1)CCC2. The van der Waals surface area contributed by atoms with Crippen molar-refractivity contribution < 1.29 is 5.11 Å². The summed E-state index contributed by atoms with van der Waals surface area (Å²) in [4.78, 5) is 0.